The maximum absolute atomic E-state index is 11.8. The first-order valence-corrected chi connectivity index (χ1v) is 14.5. The summed E-state index contributed by atoms with van der Waals surface area (Å²) in [6, 6.07) is 0. The Labute approximate surface area is 207 Å². The van der Waals surface area contributed by atoms with Crippen LogP contribution in [0.5, 0.6) is 0 Å². The number of allylic oxidation sites excluding steroid dienone is 2. The number of ether oxygens (including phenoxy) is 1. The standard InChI is InChI=1S/C25H50NO7P/c1-5-6-7-8-9-10-11-12-13-14-15-16-17-18-19-25(28)31-22-24(27)23-33-34(29,30)32-21-20-26(2,3)4/h11-12,24,27H,5-10,13-23H2,1-4H3/p+1/b12-11-/t24-/m1/s1. The van der Waals surface area contributed by atoms with Crippen molar-refractivity contribution in [2.24, 2.45) is 0 Å². The van der Waals surface area contributed by atoms with E-state index >= 15 is 0 Å². The predicted octanol–water partition coefficient (Wildman–Crippen LogP) is 5.38. The molecular weight excluding hydrogens is 457 g/mol. The van der Waals surface area contributed by atoms with E-state index in [0.717, 1.165) is 32.1 Å². The molecular formula is C25H51NO7P+. The van der Waals surface area contributed by atoms with E-state index in [1.165, 1.54) is 44.9 Å². The second-order valence-corrected chi connectivity index (χ2v) is 11.4. The summed E-state index contributed by atoms with van der Waals surface area (Å²) in [5.74, 6) is -0.382. The fourth-order valence-corrected chi connectivity index (χ4v) is 3.87. The van der Waals surface area contributed by atoms with Crippen LogP contribution in [-0.4, -0.2) is 74.1 Å². The normalized spacial score (nSPS) is 14.9. The van der Waals surface area contributed by atoms with Crippen molar-refractivity contribution < 1.29 is 37.6 Å². The maximum atomic E-state index is 11.8. The molecule has 0 saturated carbocycles. The van der Waals surface area contributed by atoms with Crippen molar-refractivity contribution in [3.8, 4) is 0 Å². The minimum absolute atomic E-state index is 0.0538. The Hall–Kier alpha value is -0.760. The van der Waals surface area contributed by atoms with Crippen LogP contribution in [0.2, 0.25) is 0 Å². The van der Waals surface area contributed by atoms with E-state index in [2.05, 4.69) is 19.1 Å². The summed E-state index contributed by atoms with van der Waals surface area (Å²) in [6.07, 6.45) is 17.8. The molecule has 0 bridgehead atoms. The average Bonchev–Trinajstić information content (AvgIpc) is 2.75. The molecule has 0 aromatic rings. The molecule has 9 heteroatoms. The molecule has 0 aliphatic rings. The van der Waals surface area contributed by atoms with E-state index in [-0.39, 0.29) is 19.2 Å². The highest BCUT2D eigenvalue weighted by molar-refractivity contribution is 7.47. The molecule has 2 atom stereocenters. The van der Waals surface area contributed by atoms with Crippen LogP contribution >= 0.6 is 7.82 Å². The molecule has 0 aromatic heterocycles. The van der Waals surface area contributed by atoms with Crippen LogP contribution in [0.15, 0.2) is 12.2 Å². The summed E-state index contributed by atoms with van der Waals surface area (Å²) in [7, 11) is 1.55. The highest BCUT2D eigenvalue weighted by atomic mass is 31.2. The summed E-state index contributed by atoms with van der Waals surface area (Å²) in [5, 5.41) is 9.81. The van der Waals surface area contributed by atoms with Crippen molar-refractivity contribution in [2.75, 3.05) is 47.5 Å². The van der Waals surface area contributed by atoms with E-state index in [9.17, 15) is 19.4 Å². The number of carbonyl (C=O) groups excluding carboxylic acids is 1. The molecule has 1 unspecified atom stereocenters. The fraction of sp³-hybridized carbons (Fsp3) is 0.880. The average molecular weight is 509 g/mol. The number of hydrogen-bond acceptors (Lipinski definition) is 6. The second-order valence-electron chi connectivity index (χ2n) is 9.93. The topological polar surface area (TPSA) is 102 Å². The molecule has 0 aromatic carbocycles. The molecule has 0 spiro atoms. The Bertz CT molecular complexity index is 578. The molecule has 0 heterocycles. The van der Waals surface area contributed by atoms with Crippen molar-refractivity contribution in [1.29, 1.82) is 0 Å². The van der Waals surface area contributed by atoms with Gasteiger partial charge in [0.15, 0.2) is 0 Å². The Balaban J connectivity index is 3.61. The van der Waals surface area contributed by atoms with Gasteiger partial charge in [0.2, 0.25) is 0 Å². The zero-order chi connectivity index (χ0) is 25.7. The van der Waals surface area contributed by atoms with Gasteiger partial charge in [0.25, 0.3) is 0 Å². The fourth-order valence-electron chi connectivity index (χ4n) is 3.12. The number of quaternary nitrogens is 1. The molecule has 202 valence electrons. The van der Waals surface area contributed by atoms with Gasteiger partial charge >= 0.3 is 13.8 Å². The van der Waals surface area contributed by atoms with Crippen LogP contribution in [0.3, 0.4) is 0 Å². The van der Waals surface area contributed by atoms with Gasteiger partial charge in [0.1, 0.15) is 25.9 Å². The largest absolute Gasteiger partial charge is 0.472 e. The van der Waals surface area contributed by atoms with Crippen LogP contribution < -0.4 is 0 Å². The van der Waals surface area contributed by atoms with Gasteiger partial charge in [0.05, 0.1) is 27.7 Å². The van der Waals surface area contributed by atoms with Gasteiger partial charge in [-0.25, -0.2) is 4.57 Å². The lowest BCUT2D eigenvalue weighted by atomic mass is 10.1. The number of nitrogens with zero attached hydrogens (tertiary/aromatic N) is 1. The molecule has 0 radical (unpaired) electrons. The Kier molecular flexibility index (Phi) is 20.0. The third-order valence-electron chi connectivity index (χ3n) is 5.28. The van der Waals surface area contributed by atoms with Crippen LogP contribution in [0, 0.1) is 0 Å². The molecule has 0 aliphatic heterocycles. The van der Waals surface area contributed by atoms with Crippen molar-refractivity contribution in [2.45, 2.75) is 96.5 Å². The number of hydrogen-bond donors (Lipinski definition) is 2. The number of phosphoric ester groups is 1. The number of aliphatic hydroxyl groups excluding tert-OH is 1. The highest BCUT2D eigenvalue weighted by Gasteiger charge is 2.24. The minimum atomic E-state index is -4.24. The lowest BCUT2D eigenvalue weighted by molar-refractivity contribution is -0.870. The first-order valence-electron chi connectivity index (χ1n) is 13.0. The maximum Gasteiger partial charge on any atom is 0.472 e. The zero-order valence-corrected chi connectivity index (χ0v) is 23.0. The van der Waals surface area contributed by atoms with Crippen molar-refractivity contribution >= 4 is 13.8 Å². The summed E-state index contributed by atoms with van der Waals surface area (Å²) in [6.45, 7) is 2.10. The quantitative estimate of drug-likeness (QED) is 0.0628. The molecule has 0 fully saturated rings. The van der Waals surface area contributed by atoms with Crippen LogP contribution in [-0.2, 0) is 23.1 Å². The molecule has 0 amide bonds. The number of likely N-dealkylation sites (N-methyl/N-ethyl adjacent to an activating group) is 1. The van der Waals surface area contributed by atoms with Crippen LogP contribution in [0.25, 0.3) is 0 Å². The zero-order valence-electron chi connectivity index (χ0n) is 22.1. The summed E-state index contributed by atoms with van der Waals surface area (Å²) in [5.41, 5.74) is 0. The lowest BCUT2D eigenvalue weighted by Crippen LogP contribution is -2.37. The predicted molar refractivity (Wildman–Crippen MR) is 136 cm³/mol. The first-order chi connectivity index (χ1) is 16.1. The molecule has 2 N–H and O–H groups in total. The van der Waals surface area contributed by atoms with E-state index in [0.29, 0.717) is 17.4 Å². The second kappa shape index (κ2) is 20.4. The third kappa shape index (κ3) is 24.4. The number of carbonyl (C=O) groups is 1. The minimum Gasteiger partial charge on any atom is -0.463 e. The first kappa shape index (κ1) is 33.2. The van der Waals surface area contributed by atoms with Crippen LogP contribution in [0.4, 0.5) is 0 Å². The van der Waals surface area contributed by atoms with E-state index in [4.69, 9.17) is 13.8 Å². The van der Waals surface area contributed by atoms with Crippen molar-refractivity contribution in [3.05, 3.63) is 12.2 Å². The summed E-state index contributed by atoms with van der Waals surface area (Å²) >= 11 is 0. The Morgan fingerprint density at radius 3 is 2.03 bits per heavy atom. The van der Waals surface area contributed by atoms with Gasteiger partial charge in [-0.05, 0) is 32.1 Å². The van der Waals surface area contributed by atoms with Gasteiger partial charge in [0, 0.05) is 6.42 Å². The number of aliphatic hydroxyl groups is 1. The molecule has 0 rings (SSSR count). The monoisotopic (exact) mass is 508 g/mol. The third-order valence-corrected chi connectivity index (χ3v) is 6.26. The van der Waals surface area contributed by atoms with Gasteiger partial charge in [-0.2, -0.15) is 0 Å². The van der Waals surface area contributed by atoms with Gasteiger partial charge < -0.3 is 19.2 Å². The van der Waals surface area contributed by atoms with Crippen molar-refractivity contribution in [3.63, 3.8) is 0 Å². The SMILES string of the molecule is CCCCCCC/C=C\CCCCCCCC(=O)OC[C@@H](O)COP(=O)(O)OCC[N+](C)(C)C. The molecule has 0 saturated heterocycles. The van der Waals surface area contributed by atoms with Gasteiger partial charge in [-0.1, -0.05) is 64.0 Å². The number of rotatable bonds is 23. The van der Waals surface area contributed by atoms with E-state index < -0.39 is 20.5 Å². The van der Waals surface area contributed by atoms with Gasteiger partial charge in [-0.3, -0.25) is 13.8 Å². The number of esters is 1. The molecule has 34 heavy (non-hydrogen) atoms. The van der Waals surface area contributed by atoms with Crippen molar-refractivity contribution in [1.82, 2.24) is 0 Å². The van der Waals surface area contributed by atoms with E-state index in [1.807, 2.05) is 21.1 Å². The Morgan fingerprint density at radius 1 is 0.882 bits per heavy atom. The molecule has 8 nitrogen and oxygen atoms in total. The Morgan fingerprint density at radius 2 is 1.44 bits per heavy atom. The highest BCUT2D eigenvalue weighted by Crippen LogP contribution is 2.43. The molecule has 0 aliphatic carbocycles. The van der Waals surface area contributed by atoms with Crippen LogP contribution in [0.1, 0.15) is 90.4 Å². The number of phosphoric acid groups is 1. The van der Waals surface area contributed by atoms with Gasteiger partial charge in [-0.15, -0.1) is 0 Å². The smallest absolute Gasteiger partial charge is 0.463 e. The lowest BCUT2D eigenvalue weighted by Gasteiger charge is -2.24. The summed E-state index contributed by atoms with van der Waals surface area (Å²) in [4.78, 5) is 21.4. The van der Waals surface area contributed by atoms with E-state index in [1.54, 1.807) is 0 Å². The summed E-state index contributed by atoms with van der Waals surface area (Å²) < 4.78 is 27.0. The number of unbranched alkanes of at least 4 members (excludes halogenated alkanes) is 10.